The first-order valence-electron chi connectivity index (χ1n) is 4.56. The highest BCUT2D eigenvalue weighted by Crippen LogP contribution is 2.19. The first kappa shape index (κ1) is 11.7. The molecule has 0 aromatic carbocycles. The lowest BCUT2D eigenvalue weighted by Crippen LogP contribution is -2.12. The molecular weight excluding hydrogens is 260 g/mol. The molecule has 0 unspecified atom stereocenters. The van der Waals surface area contributed by atoms with E-state index in [2.05, 4.69) is 15.0 Å². The first-order chi connectivity index (χ1) is 8.15. The van der Waals surface area contributed by atoms with E-state index in [1.54, 1.807) is 12.1 Å². The van der Waals surface area contributed by atoms with Gasteiger partial charge in [0, 0.05) is 18.5 Å². The Bertz CT molecular complexity index is 564. The molecule has 0 bridgehead atoms. The van der Waals surface area contributed by atoms with Crippen molar-refractivity contribution in [3.05, 3.63) is 41.4 Å². The Balaban J connectivity index is 2.24. The Hall–Kier alpha value is -1.79. The fourth-order valence-corrected chi connectivity index (χ4v) is 1.36. The highest BCUT2D eigenvalue weighted by atomic mass is 35.5. The summed E-state index contributed by atoms with van der Waals surface area (Å²) in [6.45, 7) is 0. The molecule has 0 aliphatic rings. The van der Waals surface area contributed by atoms with Crippen molar-refractivity contribution in [1.29, 1.82) is 0 Å². The highest BCUT2D eigenvalue weighted by Gasteiger charge is 2.04. The van der Waals surface area contributed by atoms with Crippen LogP contribution >= 0.6 is 23.8 Å². The fourth-order valence-electron chi connectivity index (χ4n) is 1.08. The van der Waals surface area contributed by atoms with Crippen molar-refractivity contribution in [3.63, 3.8) is 0 Å². The van der Waals surface area contributed by atoms with Crippen LogP contribution in [-0.4, -0.2) is 19.9 Å². The van der Waals surface area contributed by atoms with E-state index < -0.39 is 0 Å². The zero-order chi connectivity index (χ0) is 12.3. The summed E-state index contributed by atoms with van der Waals surface area (Å²) < 4.78 is 5.37. The molecule has 0 fully saturated rings. The van der Waals surface area contributed by atoms with Gasteiger partial charge in [-0.1, -0.05) is 23.8 Å². The normalized spacial score (nSPS) is 9.94. The van der Waals surface area contributed by atoms with E-state index >= 15 is 0 Å². The molecule has 0 saturated heterocycles. The lowest BCUT2D eigenvalue weighted by molar-refractivity contribution is 0.439. The lowest BCUT2D eigenvalue weighted by atomic mass is 10.4. The van der Waals surface area contributed by atoms with E-state index in [9.17, 15) is 0 Å². The molecule has 2 heterocycles. The van der Waals surface area contributed by atoms with Crippen LogP contribution in [0.4, 0.5) is 0 Å². The van der Waals surface area contributed by atoms with Crippen LogP contribution in [-0.2, 0) is 0 Å². The Morgan fingerprint density at radius 1 is 1.41 bits per heavy atom. The summed E-state index contributed by atoms with van der Waals surface area (Å²) in [7, 11) is 0. The zero-order valence-corrected chi connectivity index (χ0v) is 10.1. The van der Waals surface area contributed by atoms with Crippen LogP contribution in [0, 0.1) is 0 Å². The lowest BCUT2D eigenvalue weighted by Gasteiger charge is -2.04. The Morgan fingerprint density at radius 3 is 2.94 bits per heavy atom. The van der Waals surface area contributed by atoms with E-state index in [1.165, 1.54) is 18.6 Å². The Labute approximate surface area is 108 Å². The van der Waals surface area contributed by atoms with E-state index in [-0.39, 0.29) is 11.0 Å². The molecule has 0 spiro atoms. The van der Waals surface area contributed by atoms with Gasteiger partial charge in [-0.05, 0) is 6.07 Å². The molecule has 86 valence electrons. The number of nitrogens with zero attached hydrogens (tertiary/aromatic N) is 3. The topological polar surface area (TPSA) is 73.9 Å². The molecular formula is C10H7ClN4OS. The molecule has 0 aliphatic heterocycles. The number of rotatable bonds is 3. The van der Waals surface area contributed by atoms with Crippen molar-refractivity contribution in [2.75, 3.05) is 0 Å². The first-order valence-corrected chi connectivity index (χ1v) is 5.35. The van der Waals surface area contributed by atoms with Gasteiger partial charge in [-0.25, -0.2) is 4.98 Å². The number of ether oxygens (including phenoxy) is 1. The van der Waals surface area contributed by atoms with Crippen LogP contribution in [0.25, 0.3) is 0 Å². The van der Waals surface area contributed by atoms with Crippen molar-refractivity contribution in [2.45, 2.75) is 0 Å². The van der Waals surface area contributed by atoms with Gasteiger partial charge in [-0.3, -0.25) is 4.98 Å². The molecule has 2 rings (SSSR count). The maximum atomic E-state index is 5.77. The largest absolute Gasteiger partial charge is 0.423 e. The van der Waals surface area contributed by atoms with Gasteiger partial charge in [0.15, 0.2) is 5.75 Å². The number of thiocarbonyl (C=S) groups is 1. The third kappa shape index (κ3) is 3.08. The molecule has 7 heteroatoms. The van der Waals surface area contributed by atoms with Crippen LogP contribution in [0.3, 0.4) is 0 Å². The number of nitrogens with two attached hydrogens (primary N) is 1. The number of hydrogen-bond acceptors (Lipinski definition) is 5. The molecule has 0 atom stereocenters. The van der Waals surface area contributed by atoms with E-state index in [4.69, 9.17) is 34.3 Å². The van der Waals surface area contributed by atoms with E-state index in [0.717, 1.165) is 0 Å². The van der Waals surface area contributed by atoms with Gasteiger partial charge in [0.25, 0.3) is 0 Å². The Kier molecular flexibility index (Phi) is 3.46. The molecule has 0 amide bonds. The maximum absolute atomic E-state index is 5.77. The summed E-state index contributed by atoms with van der Waals surface area (Å²) in [6.07, 6.45) is 4.51. The van der Waals surface area contributed by atoms with Crippen LogP contribution in [0.2, 0.25) is 5.02 Å². The monoisotopic (exact) mass is 266 g/mol. The molecule has 2 aromatic rings. The van der Waals surface area contributed by atoms with E-state index in [1.807, 2.05) is 0 Å². The summed E-state index contributed by atoms with van der Waals surface area (Å²) in [5.74, 6) is 0.442. The van der Waals surface area contributed by atoms with Gasteiger partial charge >= 0.3 is 6.01 Å². The van der Waals surface area contributed by atoms with Gasteiger partial charge in [-0.15, -0.1) is 0 Å². The smallest absolute Gasteiger partial charge is 0.322 e. The van der Waals surface area contributed by atoms with Crippen molar-refractivity contribution >= 4 is 28.8 Å². The standard InChI is InChI=1S/C10H7ClN4OS/c11-6-3-7(5-13-4-6)16-10-14-2-1-8(15-10)9(12)17/h1-5H,(H2,12,17). The zero-order valence-electron chi connectivity index (χ0n) is 8.50. The predicted octanol–water partition coefficient (Wildman–Crippen LogP) is 1.95. The van der Waals surface area contributed by atoms with Gasteiger partial charge in [-0.2, -0.15) is 4.98 Å². The summed E-state index contributed by atoms with van der Waals surface area (Å²) in [6, 6.07) is 3.34. The summed E-state index contributed by atoms with van der Waals surface area (Å²) >= 11 is 10.6. The van der Waals surface area contributed by atoms with Crippen LogP contribution in [0.5, 0.6) is 11.8 Å². The molecule has 2 N–H and O–H groups in total. The van der Waals surface area contributed by atoms with Crippen LogP contribution < -0.4 is 10.5 Å². The fraction of sp³-hybridized carbons (Fsp3) is 0. The molecule has 0 aliphatic carbocycles. The van der Waals surface area contributed by atoms with Gasteiger partial charge in [0.1, 0.15) is 10.7 Å². The minimum Gasteiger partial charge on any atom is -0.423 e. The van der Waals surface area contributed by atoms with Crippen molar-refractivity contribution in [3.8, 4) is 11.8 Å². The summed E-state index contributed by atoms with van der Waals surface area (Å²) in [5, 5.41) is 0.466. The number of aromatic nitrogens is 3. The highest BCUT2D eigenvalue weighted by molar-refractivity contribution is 7.80. The second kappa shape index (κ2) is 5.03. The van der Waals surface area contributed by atoms with Crippen molar-refractivity contribution < 1.29 is 4.74 Å². The van der Waals surface area contributed by atoms with Crippen molar-refractivity contribution in [2.24, 2.45) is 5.73 Å². The SMILES string of the molecule is NC(=S)c1ccnc(Oc2cncc(Cl)c2)n1. The third-order valence-electron chi connectivity index (χ3n) is 1.77. The number of halogens is 1. The molecule has 0 saturated carbocycles. The van der Waals surface area contributed by atoms with Crippen LogP contribution in [0.15, 0.2) is 30.7 Å². The third-order valence-corrected chi connectivity index (χ3v) is 2.19. The van der Waals surface area contributed by atoms with Crippen molar-refractivity contribution in [1.82, 2.24) is 15.0 Å². The molecule has 0 radical (unpaired) electrons. The summed E-state index contributed by atoms with van der Waals surface area (Å²) in [4.78, 5) is 12.0. The van der Waals surface area contributed by atoms with Crippen LogP contribution in [0.1, 0.15) is 5.69 Å². The maximum Gasteiger partial charge on any atom is 0.322 e. The minimum atomic E-state index is 0.138. The second-order valence-corrected chi connectivity index (χ2v) is 3.91. The predicted molar refractivity (Wildman–Crippen MR) is 67.2 cm³/mol. The second-order valence-electron chi connectivity index (χ2n) is 3.03. The van der Waals surface area contributed by atoms with Gasteiger partial charge in [0.2, 0.25) is 0 Å². The average Bonchev–Trinajstić information content (AvgIpc) is 2.29. The van der Waals surface area contributed by atoms with Gasteiger partial charge < -0.3 is 10.5 Å². The molecule has 5 nitrogen and oxygen atoms in total. The minimum absolute atomic E-state index is 0.138. The Morgan fingerprint density at radius 2 is 2.24 bits per heavy atom. The summed E-state index contributed by atoms with van der Waals surface area (Å²) in [5.41, 5.74) is 5.90. The van der Waals surface area contributed by atoms with Gasteiger partial charge in [0.05, 0.1) is 11.2 Å². The van der Waals surface area contributed by atoms with E-state index in [0.29, 0.717) is 16.5 Å². The molecule has 17 heavy (non-hydrogen) atoms. The number of hydrogen-bond donors (Lipinski definition) is 1. The average molecular weight is 267 g/mol. The number of pyridine rings is 1. The quantitative estimate of drug-likeness (QED) is 0.856. The molecule has 2 aromatic heterocycles.